The predicted molar refractivity (Wildman–Crippen MR) is 141 cm³/mol. The van der Waals surface area contributed by atoms with Crippen LogP contribution in [0.25, 0.3) is 0 Å². The van der Waals surface area contributed by atoms with Crippen LogP contribution in [0.4, 0.5) is 0 Å². The number of aliphatic hydroxyl groups excluding tert-OH is 1. The number of nitrogens with zero attached hydrogens (tertiary/aromatic N) is 3. The molecule has 5 rings (SSSR count). The van der Waals surface area contributed by atoms with Crippen LogP contribution in [0.2, 0.25) is 0 Å². The summed E-state index contributed by atoms with van der Waals surface area (Å²) in [5.74, 6) is 0.540. The Morgan fingerprint density at radius 1 is 1.26 bits per heavy atom. The van der Waals surface area contributed by atoms with Crippen LogP contribution in [0.1, 0.15) is 55.0 Å². The van der Waals surface area contributed by atoms with Crippen LogP contribution in [0.5, 0.6) is 5.75 Å². The number of carbonyl (C=O) groups is 2. The second kappa shape index (κ2) is 9.84. The van der Waals surface area contributed by atoms with Gasteiger partial charge in [0.1, 0.15) is 17.6 Å². The van der Waals surface area contributed by atoms with Crippen LogP contribution in [-0.2, 0) is 20.7 Å². The van der Waals surface area contributed by atoms with E-state index in [9.17, 15) is 20.0 Å². The van der Waals surface area contributed by atoms with Gasteiger partial charge < -0.3 is 19.9 Å². The third-order valence-corrected chi connectivity index (χ3v) is 9.00. The number of amides is 1. The minimum atomic E-state index is -0.462. The molecule has 3 heterocycles. The number of benzene rings is 1. The SMILES string of the molecule is COCOc1c(C)c(C)cc2c1C1C3CC4=C(CC(=O)C(C)=C4O)[C@H](CNC(C)=O)N3[C@@H](C#N)[C@H](C2)N1C. The van der Waals surface area contributed by atoms with Crippen LogP contribution in [-0.4, -0.2) is 78.3 Å². The number of likely N-dealkylation sites (N-methyl/N-ethyl adjacent to an activating group) is 1. The smallest absolute Gasteiger partial charge is 0.216 e. The Hall–Kier alpha value is -3.19. The minimum absolute atomic E-state index is 0.0361. The highest BCUT2D eigenvalue weighted by molar-refractivity contribution is 5.99. The van der Waals surface area contributed by atoms with Crippen LogP contribution < -0.4 is 10.1 Å². The van der Waals surface area contributed by atoms with Gasteiger partial charge in [0, 0.05) is 50.2 Å². The second-order valence-corrected chi connectivity index (χ2v) is 11.0. The topological polar surface area (TPSA) is 115 Å². The fourth-order valence-electron chi connectivity index (χ4n) is 7.04. The Labute approximate surface area is 223 Å². The van der Waals surface area contributed by atoms with E-state index in [2.05, 4.69) is 48.1 Å². The molecule has 1 aromatic carbocycles. The summed E-state index contributed by atoms with van der Waals surface area (Å²) in [6.07, 6.45) is 1.34. The van der Waals surface area contributed by atoms with Crippen molar-refractivity contribution in [3.63, 3.8) is 0 Å². The largest absolute Gasteiger partial charge is 0.507 e. The summed E-state index contributed by atoms with van der Waals surface area (Å²) >= 11 is 0. The van der Waals surface area contributed by atoms with E-state index in [1.54, 1.807) is 14.0 Å². The number of methoxy groups -OCH3 is 1. The molecule has 4 aliphatic rings. The molecule has 0 aromatic heterocycles. The number of aliphatic hydroxyl groups is 1. The quantitative estimate of drug-likeness (QED) is 0.570. The molecular formula is C29H36N4O5. The van der Waals surface area contributed by atoms with Crippen LogP contribution in [0.3, 0.4) is 0 Å². The standard InChI is InChI=1S/C29H36N4O5/c1-14-7-18-8-21-23(11-30)33-22(27(32(21)5)26(18)29(15(14)2)38-13-37-6)9-20-19(24(33)12-31-17(4)34)10-25(35)16(3)28(20)36/h7,21-24,27,36H,8-10,12-13H2,1-6H3,(H,31,34)/t21-,22?,23-,24-,27?/m0/s1. The number of nitriles is 1. The molecule has 3 aliphatic heterocycles. The molecule has 1 aliphatic carbocycles. The van der Waals surface area contributed by atoms with E-state index in [0.717, 1.165) is 33.6 Å². The lowest BCUT2D eigenvalue weighted by atomic mass is 9.70. The lowest BCUT2D eigenvalue weighted by Crippen LogP contribution is -2.70. The normalized spacial score (nSPS) is 28.9. The Morgan fingerprint density at radius 2 is 2.00 bits per heavy atom. The molecule has 38 heavy (non-hydrogen) atoms. The summed E-state index contributed by atoms with van der Waals surface area (Å²) < 4.78 is 11.5. The second-order valence-electron chi connectivity index (χ2n) is 11.0. The minimum Gasteiger partial charge on any atom is -0.507 e. The van der Waals surface area contributed by atoms with E-state index in [1.807, 2.05) is 0 Å². The number of piperazine rings is 1. The van der Waals surface area contributed by atoms with Crippen LogP contribution in [0.15, 0.2) is 28.5 Å². The van der Waals surface area contributed by atoms with Gasteiger partial charge in [0.2, 0.25) is 5.91 Å². The summed E-state index contributed by atoms with van der Waals surface area (Å²) in [7, 11) is 3.66. The molecule has 2 N–H and O–H groups in total. The molecule has 0 spiro atoms. The van der Waals surface area contributed by atoms with Crippen LogP contribution >= 0.6 is 0 Å². The number of hydrogen-bond acceptors (Lipinski definition) is 8. The molecule has 1 aromatic rings. The number of ketones is 1. The fourth-order valence-corrected chi connectivity index (χ4v) is 7.04. The molecule has 9 nitrogen and oxygen atoms in total. The van der Waals surface area contributed by atoms with E-state index in [1.165, 1.54) is 12.5 Å². The van der Waals surface area contributed by atoms with Crippen molar-refractivity contribution in [2.24, 2.45) is 0 Å². The van der Waals surface area contributed by atoms with E-state index in [-0.39, 0.29) is 61.4 Å². The van der Waals surface area contributed by atoms with E-state index in [4.69, 9.17) is 9.47 Å². The first-order chi connectivity index (χ1) is 18.1. The number of nitrogens with one attached hydrogen (secondary N) is 1. The molecule has 202 valence electrons. The van der Waals surface area contributed by atoms with Gasteiger partial charge >= 0.3 is 0 Å². The Kier molecular flexibility index (Phi) is 6.84. The maximum atomic E-state index is 12.8. The molecule has 1 fully saturated rings. The third-order valence-electron chi connectivity index (χ3n) is 9.00. The molecule has 2 bridgehead atoms. The van der Waals surface area contributed by atoms with Gasteiger partial charge in [0.25, 0.3) is 0 Å². The van der Waals surface area contributed by atoms with Crippen molar-refractivity contribution >= 4 is 11.7 Å². The lowest BCUT2D eigenvalue weighted by molar-refractivity contribution is -0.119. The molecule has 1 saturated heterocycles. The van der Waals surface area contributed by atoms with Gasteiger partial charge in [0.15, 0.2) is 12.6 Å². The first-order valence-corrected chi connectivity index (χ1v) is 13.1. The van der Waals surface area contributed by atoms with Gasteiger partial charge in [-0.3, -0.25) is 19.4 Å². The number of ether oxygens (including phenoxy) is 2. The zero-order valence-electron chi connectivity index (χ0n) is 22.9. The van der Waals surface area contributed by atoms with Gasteiger partial charge in [-0.25, -0.2) is 0 Å². The van der Waals surface area contributed by atoms with Gasteiger partial charge in [0.05, 0.1) is 18.2 Å². The van der Waals surface area contributed by atoms with Gasteiger partial charge in [-0.05, 0) is 68.5 Å². The summed E-state index contributed by atoms with van der Waals surface area (Å²) in [6, 6.07) is 3.55. The first kappa shape index (κ1) is 26.4. The number of hydrogen-bond donors (Lipinski definition) is 2. The average molecular weight is 521 g/mol. The number of allylic oxidation sites excluding steroid dienone is 2. The monoisotopic (exact) mass is 520 g/mol. The summed E-state index contributed by atoms with van der Waals surface area (Å²) in [5.41, 5.74) is 6.37. The number of rotatable bonds is 5. The van der Waals surface area contributed by atoms with E-state index >= 15 is 0 Å². The summed E-state index contributed by atoms with van der Waals surface area (Å²) in [4.78, 5) is 29.3. The highest BCUT2D eigenvalue weighted by atomic mass is 16.7. The Morgan fingerprint density at radius 3 is 2.66 bits per heavy atom. The van der Waals surface area contributed by atoms with Crippen LogP contribution in [0, 0.1) is 25.2 Å². The van der Waals surface area contributed by atoms with Gasteiger partial charge in [-0.1, -0.05) is 6.07 Å². The molecule has 2 unspecified atom stereocenters. The van der Waals surface area contributed by atoms with Crippen molar-refractivity contribution in [3.8, 4) is 11.8 Å². The lowest BCUT2D eigenvalue weighted by Gasteiger charge is -2.60. The van der Waals surface area contributed by atoms with E-state index < -0.39 is 6.04 Å². The molecular weight excluding hydrogens is 484 g/mol. The first-order valence-electron chi connectivity index (χ1n) is 13.1. The number of carbonyl (C=O) groups excluding carboxylic acids is 2. The molecule has 9 heteroatoms. The predicted octanol–water partition coefficient (Wildman–Crippen LogP) is 2.77. The Balaban J connectivity index is 1.72. The number of Topliss-reactive ketones (excluding diaryl/α,β-unsaturated/α-hetero) is 1. The van der Waals surface area contributed by atoms with Crippen molar-refractivity contribution in [1.82, 2.24) is 15.1 Å². The van der Waals surface area contributed by atoms with E-state index in [0.29, 0.717) is 18.4 Å². The number of aryl methyl sites for hydroxylation is 1. The van der Waals surface area contributed by atoms with Gasteiger partial charge in [-0.15, -0.1) is 0 Å². The average Bonchev–Trinajstić information content (AvgIpc) is 2.87. The molecule has 0 radical (unpaired) electrons. The Bertz CT molecular complexity index is 1310. The van der Waals surface area contributed by atoms with Crippen molar-refractivity contribution in [3.05, 3.63) is 50.8 Å². The molecule has 1 amide bonds. The van der Waals surface area contributed by atoms with Crippen molar-refractivity contribution in [1.29, 1.82) is 5.26 Å². The third kappa shape index (κ3) is 3.94. The fraction of sp³-hybridized carbons (Fsp3) is 0.552. The van der Waals surface area contributed by atoms with Crippen molar-refractivity contribution in [2.45, 2.75) is 77.2 Å². The number of fused-ring (bicyclic) bond motifs is 6. The summed E-state index contributed by atoms with van der Waals surface area (Å²) in [6.45, 7) is 7.64. The maximum Gasteiger partial charge on any atom is 0.216 e. The van der Waals surface area contributed by atoms with Crippen molar-refractivity contribution in [2.75, 3.05) is 27.5 Å². The highest BCUT2D eigenvalue weighted by Gasteiger charge is 2.56. The highest BCUT2D eigenvalue weighted by Crippen LogP contribution is 2.53. The maximum absolute atomic E-state index is 12.8. The zero-order chi connectivity index (χ0) is 27.5. The molecule has 5 atom stereocenters. The zero-order valence-corrected chi connectivity index (χ0v) is 22.9. The summed E-state index contributed by atoms with van der Waals surface area (Å²) in [5, 5.41) is 24.6. The van der Waals surface area contributed by atoms with Crippen molar-refractivity contribution < 1.29 is 24.2 Å². The molecule has 0 saturated carbocycles. The van der Waals surface area contributed by atoms with Gasteiger partial charge in [-0.2, -0.15) is 5.26 Å².